The first-order valence-corrected chi connectivity index (χ1v) is 5.86. The van der Waals surface area contributed by atoms with E-state index in [1.165, 1.54) is 0 Å². The summed E-state index contributed by atoms with van der Waals surface area (Å²) in [5.74, 6) is 5.40. The Balaban J connectivity index is 2.97. The largest absolute Gasteiger partial charge is 0.384 e. The molecule has 2 N–H and O–H groups in total. The Morgan fingerprint density at radius 3 is 2.56 bits per heavy atom. The predicted octanol–water partition coefficient (Wildman–Crippen LogP) is 2.32. The van der Waals surface area contributed by atoms with Crippen LogP contribution in [0.2, 0.25) is 0 Å². The zero-order valence-corrected chi connectivity index (χ0v) is 11.3. The second-order valence-corrected chi connectivity index (χ2v) is 5.25. The first-order valence-electron chi connectivity index (χ1n) is 5.86. The van der Waals surface area contributed by atoms with E-state index in [2.05, 4.69) is 17.2 Å². The third-order valence-electron chi connectivity index (χ3n) is 2.33. The summed E-state index contributed by atoms with van der Waals surface area (Å²) in [6, 6.07) is 5.61. The molecule has 1 rings (SSSR count). The maximum absolute atomic E-state index is 11.9. The zero-order chi connectivity index (χ0) is 13.8. The summed E-state index contributed by atoms with van der Waals surface area (Å²) >= 11 is 0. The second kappa shape index (κ2) is 5.70. The number of carbonyl (C=O) groups is 1. The van der Waals surface area contributed by atoms with Gasteiger partial charge in [-0.3, -0.25) is 4.79 Å². The summed E-state index contributed by atoms with van der Waals surface area (Å²) in [5, 5.41) is 11.5. The van der Waals surface area contributed by atoms with E-state index in [-0.39, 0.29) is 12.5 Å². The molecule has 3 heteroatoms. The van der Waals surface area contributed by atoms with Gasteiger partial charge in [-0.05, 0) is 30.7 Å². The molecule has 0 saturated carbocycles. The van der Waals surface area contributed by atoms with Crippen LogP contribution < -0.4 is 5.32 Å². The van der Waals surface area contributed by atoms with Crippen LogP contribution in [0.4, 0.5) is 5.69 Å². The summed E-state index contributed by atoms with van der Waals surface area (Å²) < 4.78 is 0. The Labute approximate surface area is 108 Å². The van der Waals surface area contributed by atoms with Crippen LogP contribution in [0.3, 0.4) is 0 Å². The highest BCUT2D eigenvalue weighted by molar-refractivity contribution is 5.94. The molecule has 0 aromatic heterocycles. The molecule has 0 heterocycles. The van der Waals surface area contributed by atoms with Crippen molar-refractivity contribution in [3.05, 3.63) is 29.3 Å². The van der Waals surface area contributed by atoms with Crippen molar-refractivity contribution in [2.75, 3.05) is 11.9 Å². The molecule has 0 bridgehead atoms. The van der Waals surface area contributed by atoms with Crippen LogP contribution >= 0.6 is 0 Å². The number of aliphatic hydroxyl groups is 1. The minimum Gasteiger partial charge on any atom is -0.384 e. The molecule has 0 radical (unpaired) electrons. The van der Waals surface area contributed by atoms with Crippen molar-refractivity contribution in [3.63, 3.8) is 0 Å². The molecule has 0 aliphatic carbocycles. The first kappa shape index (κ1) is 14.3. The van der Waals surface area contributed by atoms with E-state index in [1.807, 2.05) is 39.8 Å². The first-order chi connectivity index (χ1) is 8.32. The van der Waals surface area contributed by atoms with Crippen LogP contribution in [0.25, 0.3) is 0 Å². The number of rotatable bonds is 1. The highest BCUT2D eigenvalue weighted by Crippen LogP contribution is 2.19. The summed E-state index contributed by atoms with van der Waals surface area (Å²) in [5.41, 5.74) is 2.11. The molecular formula is C15H19NO2. The van der Waals surface area contributed by atoms with Gasteiger partial charge in [0.25, 0.3) is 0 Å². The van der Waals surface area contributed by atoms with E-state index in [0.29, 0.717) is 0 Å². The number of carbonyl (C=O) groups excluding carboxylic acids is 1. The van der Waals surface area contributed by atoms with Gasteiger partial charge >= 0.3 is 0 Å². The number of benzene rings is 1. The van der Waals surface area contributed by atoms with E-state index >= 15 is 0 Å². The molecule has 0 aliphatic heterocycles. The molecule has 1 aromatic rings. The molecule has 0 aliphatic rings. The maximum Gasteiger partial charge on any atom is 0.229 e. The van der Waals surface area contributed by atoms with Gasteiger partial charge in [0.15, 0.2) is 0 Å². The number of aryl methyl sites for hydroxylation is 1. The number of hydrogen-bond acceptors (Lipinski definition) is 2. The number of hydrogen-bond donors (Lipinski definition) is 2. The third-order valence-corrected chi connectivity index (χ3v) is 2.33. The molecular weight excluding hydrogens is 226 g/mol. The number of anilines is 1. The fourth-order valence-corrected chi connectivity index (χ4v) is 1.39. The summed E-state index contributed by atoms with van der Waals surface area (Å²) in [4.78, 5) is 11.9. The van der Waals surface area contributed by atoms with Crippen LogP contribution in [-0.4, -0.2) is 17.6 Å². The quantitative estimate of drug-likeness (QED) is 0.746. The molecule has 0 atom stereocenters. The SMILES string of the molecule is Cc1cc(C#CCO)cc(NC(=O)C(C)(C)C)c1. The Hall–Kier alpha value is -1.79. The van der Waals surface area contributed by atoms with E-state index in [9.17, 15) is 4.79 Å². The van der Waals surface area contributed by atoms with E-state index in [1.54, 1.807) is 6.07 Å². The summed E-state index contributed by atoms with van der Waals surface area (Å²) in [6.45, 7) is 7.37. The molecule has 0 unspecified atom stereocenters. The Bertz CT molecular complexity index is 501. The minimum atomic E-state index is -0.430. The normalized spacial score (nSPS) is 10.5. The molecule has 0 fully saturated rings. The molecule has 3 nitrogen and oxygen atoms in total. The van der Waals surface area contributed by atoms with Crippen LogP contribution in [-0.2, 0) is 4.79 Å². The van der Waals surface area contributed by atoms with Gasteiger partial charge in [-0.15, -0.1) is 0 Å². The Morgan fingerprint density at radius 2 is 2.00 bits per heavy atom. The Morgan fingerprint density at radius 1 is 1.33 bits per heavy atom. The lowest BCUT2D eigenvalue weighted by Gasteiger charge is -2.18. The van der Waals surface area contributed by atoms with E-state index < -0.39 is 5.41 Å². The molecule has 1 aromatic carbocycles. The van der Waals surface area contributed by atoms with Crippen LogP contribution in [0.15, 0.2) is 18.2 Å². The molecule has 96 valence electrons. The van der Waals surface area contributed by atoms with E-state index in [0.717, 1.165) is 16.8 Å². The van der Waals surface area contributed by atoms with Crippen LogP contribution in [0.5, 0.6) is 0 Å². The number of aliphatic hydroxyl groups excluding tert-OH is 1. The highest BCUT2D eigenvalue weighted by Gasteiger charge is 2.21. The van der Waals surface area contributed by atoms with Gasteiger partial charge in [0.05, 0.1) is 0 Å². The maximum atomic E-state index is 11.9. The van der Waals surface area contributed by atoms with E-state index in [4.69, 9.17) is 5.11 Å². The smallest absolute Gasteiger partial charge is 0.229 e. The van der Waals surface area contributed by atoms with Crippen molar-refractivity contribution in [1.82, 2.24) is 0 Å². The molecule has 0 spiro atoms. The van der Waals surface area contributed by atoms with Crippen molar-refractivity contribution in [2.45, 2.75) is 27.7 Å². The third kappa shape index (κ3) is 4.23. The summed E-state index contributed by atoms with van der Waals surface area (Å²) in [7, 11) is 0. The van der Waals surface area contributed by atoms with Gasteiger partial charge in [-0.1, -0.05) is 32.6 Å². The minimum absolute atomic E-state index is 0.0332. The average molecular weight is 245 g/mol. The van der Waals surface area contributed by atoms with Crippen molar-refractivity contribution < 1.29 is 9.90 Å². The average Bonchev–Trinajstić information content (AvgIpc) is 2.24. The van der Waals surface area contributed by atoms with Gasteiger partial charge in [0.1, 0.15) is 6.61 Å². The van der Waals surface area contributed by atoms with Crippen molar-refractivity contribution in [3.8, 4) is 11.8 Å². The number of nitrogens with one attached hydrogen (secondary N) is 1. The van der Waals surface area contributed by atoms with Crippen LogP contribution in [0, 0.1) is 24.2 Å². The van der Waals surface area contributed by atoms with Gasteiger partial charge in [-0.2, -0.15) is 0 Å². The van der Waals surface area contributed by atoms with Gasteiger partial charge < -0.3 is 10.4 Å². The molecule has 0 saturated heterocycles. The van der Waals surface area contributed by atoms with Crippen LogP contribution in [0.1, 0.15) is 31.9 Å². The van der Waals surface area contributed by atoms with Gasteiger partial charge in [-0.25, -0.2) is 0 Å². The highest BCUT2D eigenvalue weighted by atomic mass is 16.2. The lowest BCUT2D eigenvalue weighted by atomic mass is 9.95. The predicted molar refractivity (Wildman–Crippen MR) is 73.2 cm³/mol. The fraction of sp³-hybridized carbons (Fsp3) is 0.400. The number of amides is 1. The molecule has 1 amide bonds. The topological polar surface area (TPSA) is 49.3 Å². The second-order valence-electron chi connectivity index (χ2n) is 5.25. The van der Waals surface area contributed by atoms with Crippen molar-refractivity contribution in [1.29, 1.82) is 0 Å². The fourth-order valence-electron chi connectivity index (χ4n) is 1.39. The lowest BCUT2D eigenvalue weighted by Crippen LogP contribution is -2.27. The van der Waals surface area contributed by atoms with Gasteiger partial charge in [0.2, 0.25) is 5.91 Å². The zero-order valence-electron chi connectivity index (χ0n) is 11.3. The van der Waals surface area contributed by atoms with Crippen molar-refractivity contribution >= 4 is 11.6 Å². The summed E-state index contributed by atoms with van der Waals surface area (Å²) in [6.07, 6.45) is 0. The Kier molecular flexibility index (Phi) is 4.52. The van der Waals surface area contributed by atoms with Gasteiger partial charge in [0, 0.05) is 16.7 Å². The standard InChI is InChI=1S/C15H19NO2/c1-11-8-12(6-5-7-17)10-13(9-11)16-14(18)15(2,3)4/h8-10,17H,7H2,1-4H3,(H,16,18). The lowest BCUT2D eigenvalue weighted by molar-refractivity contribution is -0.123. The molecule has 18 heavy (non-hydrogen) atoms. The monoisotopic (exact) mass is 245 g/mol. The van der Waals surface area contributed by atoms with Crippen molar-refractivity contribution in [2.24, 2.45) is 5.41 Å².